The number of ketones is 1. The van der Waals surface area contributed by atoms with Crippen LogP contribution in [0.1, 0.15) is 27.2 Å². The highest BCUT2D eigenvalue weighted by molar-refractivity contribution is 9.10. The van der Waals surface area contributed by atoms with Gasteiger partial charge in [-0.1, -0.05) is 12.1 Å². The van der Waals surface area contributed by atoms with Crippen LogP contribution in [0, 0.1) is 6.92 Å². The maximum atomic E-state index is 13.5. The molecule has 2 N–H and O–H groups in total. The molecule has 0 saturated heterocycles. The molecule has 0 spiro atoms. The smallest absolute Gasteiger partial charge is 0.196 e. The fourth-order valence-electron chi connectivity index (χ4n) is 3.56. The lowest BCUT2D eigenvalue weighted by molar-refractivity contribution is 0.103. The van der Waals surface area contributed by atoms with Crippen LogP contribution in [0.2, 0.25) is 0 Å². The van der Waals surface area contributed by atoms with Crippen LogP contribution in [-0.2, 0) is 6.54 Å². The molecule has 7 heteroatoms. The number of nitrogens with zero attached hydrogens (tertiary/aromatic N) is 3. The van der Waals surface area contributed by atoms with E-state index in [4.69, 9.17) is 0 Å². The van der Waals surface area contributed by atoms with Crippen molar-refractivity contribution in [3.8, 4) is 5.69 Å². The van der Waals surface area contributed by atoms with Gasteiger partial charge in [-0.3, -0.25) is 4.79 Å². The summed E-state index contributed by atoms with van der Waals surface area (Å²) in [5, 5.41) is 11.2. The normalized spacial score (nSPS) is 12.2. The zero-order valence-corrected chi connectivity index (χ0v) is 17.8. The SMILES string of the molecule is Cc1ccn(-c2ccc(C(=O)c3cccc4c3Nc3ncccc3CN4)c(Br)c2)n1. The van der Waals surface area contributed by atoms with E-state index in [1.165, 1.54) is 0 Å². The molecule has 30 heavy (non-hydrogen) atoms. The number of para-hydroxylation sites is 1. The van der Waals surface area contributed by atoms with Gasteiger partial charge in [0.2, 0.25) is 0 Å². The molecule has 0 bridgehead atoms. The van der Waals surface area contributed by atoms with Crippen LogP contribution in [0.3, 0.4) is 0 Å². The van der Waals surface area contributed by atoms with Gasteiger partial charge in [0.1, 0.15) is 5.82 Å². The molecule has 0 saturated carbocycles. The predicted molar refractivity (Wildman–Crippen MR) is 121 cm³/mol. The van der Waals surface area contributed by atoms with Crippen LogP contribution >= 0.6 is 15.9 Å². The predicted octanol–water partition coefficient (Wildman–Crippen LogP) is 5.24. The number of benzene rings is 2. The second-order valence-corrected chi connectivity index (χ2v) is 7.97. The number of aromatic nitrogens is 3. The van der Waals surface area contributed by atoms with Gasteiger partial charge >= 0.3 is 0 Å². The first-order chi connectivity index (χ1) is 14.6. The monoisotopic (exact) mass is 459 g/mol. The van der Waals surface area contributed by atoms with Crippen molar-refractivity contribution in [3.63, 3.8) is 0 Å². The number of rotatable bonds is 3. The number of aryl methyl sites for hydroxylation is 1. The first kappa shape index (κ1) is 18.6. The van der Waals surface area contributed by atoms with E-state index in [0.29, 0.717) is 17.7 Å². The molecule has 1 aliphatic rings. The standard InChI is InChI=1S/C23H18BrN5O/c1-14-9-11-29(28-14)16-7-8-17(19(24)12-16)22(30)18-5-2-6-20-21(18)27-23-15(13-26-20)4-3-10-25-23/h2-12,26H,13H2,1H3,(H,25,27). The fourth-order valence-corrected chi connectivity index (χ4v) is 4.11. The lowest BCUT2D eigenvalue weighted by Gasteiger charge is -2.14. The van der Waals surface area contributed by atoms with Gasteiger partial charge in [-0.2, -0.15) is 5.10 Å². The molecule has 148 valence electrons. The summed E-state index contributed by atoms with van der Waals surface area (Å²) in [6, 6.07) is 17.2. The molecule has 5 rings (SSSR count). The van der Waals surface area contributed by atoms with Crippen LogP contribution in [0.4, 0.5) is 17.2 Å². The minimum Gasteiger partial charge on any atom is -0.379 e. The van der Waals surface area contributed by atoms with Crippen LogP contribution < -0.4 is 10.6 Å². The third-order valence-electron chi connectivity index (χ3n) is 5.10. The van der Waals surface area contributed by atoms with Crippen LogP contribution in [-0.4, -0.2) is 20.5 Å². The van der Waals surface area contributed by atoms with E-state index >= 15 is 0 Å². The van der Waals surface area contributed by atoms with Gasteiger partial charge in [0.15, 0.2) is 5.78 Å². The van der Waals surface area contributed by atoms with E-state index in [1.807, 2.05) is 67.7 Å². The van der Waals surface area contributed by atoms with Gasteiger partial charge in [0, 0.05) is 40.1 Å². The van der Waals surface area contributed by atoms with E-state index in [9.17, 15) is 4.79 Å². The van der Waals surface area contributed by atoms with Crippen molar-refractivity contribution in [3.05, 3.63) is 93.8 Å². The molecule has 0 aliphatic carbocycles. The van der Waals surface area contributed by atoms with Crippen molar-refractivity contribution in [2.45, 2.75) is 13.5 Å². The topological polar surface area (TPSA) is 71.8 Å². The highest BCUT2D eigenvalue weighted by atomic mass is 79.9. The molecule has 0 unspecified atom stereocenters. The molecular weight excluding hydrogens is 442 g/mol. The third-order valence-corrected chi connectivity index (χ3v) is 5.75. The van der Waals surface area contributed by atoms with E-state index in [1.54, 1.807) is 10.9 Å². The average molecular weight is 460 g/mol. The lowest BCUT2D eigenvalue weighted by atomic mass is 10.00. The summed E-state index contributed by atoms with van der Waals surface area (Å²) in [4.78, 5) is 17.9. The maximum absolute atomic E-state index is 13.5. The summed E-state index contributed by atoms with van der Waals surface area (Å²) in [6.07, 6.45) is 3.64. The number of hydrogen-bond donors (Lipinski definition) is 2. The quantitative estimate of drug-likeness (QED) is 0.410. The largest absolute Gasteiger partial charge is 0.379 e. The summed E-state index contributed by atoms with van der Waals surface area (Å²) in [5.74, 6) is 0.683. The van der Waals surface area contributed by atoms with Crippen LogP contribution in [0.15, 0.2) is 71.5 Å². The zero-order chi connectivity index (χ0) is 20.7. The second-order valence-electron chi connectivity index (χ2n) is 7.11. The molecule has 0 amide bonds. The molecule has 3 heterocycles. The van der Waals surface area contributed by atoms with Gasteiger partial charge in [0.25, 0.3) is 0 Å². The Hall–Kier alpha value is -3.45. The van der Waals surface area contributed by atoms with Gasteiger partial charge in [-0.15, -0.1) is 0 Å². The zero-order valence-electron chi connectivity index (χ0n) is 16.2. The maximum Gasteiger partial charge on any atom is 0.196 e. The summed E-state index contributed by atoms with van der Waals surface area (Å²) < 4.78 is 2.51. The number of nitrogens with one attached hydrogen (secondary N) is 2. The van der Waals surface area contributed by atoms with E-state index in [-0.39, 0.29) is 5.78 Å². The Morgan fingerprint density at radius 3 is 2.80 bits per heavy atom. The molecule has 2 aromatic carbocycles. The van der Waals surface area contributed by atoms with Crippen molar-refractivity contribution in [2.24, 2.45) is 0 Å². The molecular formula is C23H18BrN5O. The average Bonchev–Trinajstić information content (AvgIpc) is 3.10. The molecule has 2 aromatic heterocycles. The Balaban J connectivity index is 1.54. The first-order valence-corrected chi connectivity index (χ1v) is 10.3. The van der Waals surface area contributed by atoms with Gasteiger partial charge < -0.3 is 10.6 Å². The Labute approximate surface area is 182 Å². The molecule has 0 atom stereocenters. The first-order valence-electron chi connectivity index (χ1n) is 9.55. The van der Waals surface area contributed by atoms with Crippen molar-refractivity contribution >= 4 is 38.9 Å². The number of fused-ring (bicyclic) bond motifs is 2. The highest BCUT2D eigenvalue weighted by Gasteiger charge is 2.22. The van der Waals surface area contributed by atoms with Gasteiger partial charge in [0.05, 0.1) is 22.8 Å². The summed E-state index contributed by atoms with van der Waals surface area (Å²) in [7, 11) is 0. The summed E-state index contributed by atoms with van der Waals surface area (Å²) in [5.41, 5.74) is 5.65. The van der Waals surface area contributed by atoms with Crippen LogP contribution in [0.5, 0.6) is 0 Å². The number of halogens is 1. The number of anilines is 3. The fraction of sp³-hybridized carbons (Fsp3) is 0.0870. The minimum absolute atomic E-state index is 0.0735. The molecule has 1 aliphatic heterocycles. The van der Waals surface area contributed by atoms with Crippen LogP contribution in [0.25, 0.3) is 5.69 Å². The molecule has 6 nitrogen and oxygen atoms in total. The molecule has 0 fully saturated rings. The van der Waals surface area contributed by atoms with Gasteiger partial charge in [-0.05, 0) is 65.3 Å². The third kappa shape index (κ3) is 3.27. The number of hydrogen-bond acceptors (Lipinski definition) is 5. The highest BCUT2D eigenvalue weighted by Crippen LogP contribution is 2.35. The summed E-state index contributed by atoms with van der Waals surface area (Å²) >= 11 is 3.58. The Morgan fingerprint density at radius 2 is 2.00 bits per heavy atom. The summed E-state index contributed by atoms with van der Waals surface area (Å²) in [6.45, 7) is 2.58. The van der Waals surface area contributed by atoms with E-state index < -0.39 is 0 Å². The van der Waals surface area contributed by atoms with Crippen molar-refractivity contribution in [1.29, 1.82) is 0 Å². The van der Waals surface area contributed by atoms with E-state index in [2.05, 4.69) is 36.6 Å². The van der Waals surface area contributed by atoms with Crippen molar-refractivity contribution in [2.75, 3.05) is 10.6 Å². The minimum atomic E-state index is -0.0735. The number of carbonyl (C=O) groups is 1. The molecule has 0 radical (unpaired) electrons. The lowest BCUT2D eigenvalue weighted by Crippen LogP contribution is -2.08. The molecule has 4 aromatic rings. The van der Waals surface area contributed by atoms with Crippen molar-refractivity contribution in [1.82, 2.24) is 14.8 Å². The second kappa shape index (κ2) is 7.42. The number of carbonyl (C=O) groups excluding carboxylic acids is 1. The Kier molecular flexibility index (Phi) is 4.59. The number of pyridine rings is 1. The Morgan fingerprint density at radius 1 is 1.10 bits per heavy atom. The van der Waals surface area contributed by atoms with E-state index in [0.717, 1.165) is 38.6 Å². The van der Waals surface area contributed by atoms with Gasteiger partial charge in [-0.25, -0.2) is 9.67 Å². The Bertz CT molecular complexity index is 1280. The van der Waals surface area contributed by atoms with Crippen molar-refractivity contribution < 1.29 is 4.79 Å².